The van der Waals surface area contributed by atoms with Crippen molar-refractivity contribution in [3.63, 3.8) is 0 Å². The summed E-state index contributed by atoms with van der Waals surface area (Å²) in [6.45, 7) is 0. The van der Waals surface area contributed by atoms with Gasteiger partial charge in [-0.15, -0.1) is 3.89 Å². The second kappa shape index (κ2) is 4.27. The van der Waals surface area contributed by atoms with E-state index in [-0.39, 0.29) is 10.9 Å². The Labute approximate surface area is 103 Å². The number of hydrogen-bond acceptors (Lipinski definition) is 3. The molecule has 0 atom stereocenters. The van der Waals surface area contributed by atoms with E-state index in [2.05, 4.69) is 5.32 Å². The molecule has 0 aromatic heterocycles. The molecule has 0 radical (unpaired) electrons. The summed E-state index contributed by atoms with van der Waals surface area (Å²) in [5.41, 5.74) is 1.03. The Hall–Kier alpha value is -1.14. The Morgan fingerprint density at radius 3 is 2.65 bits per heavy atom. The number of aryl methyl sites for hydroxylation is 1. The van der Waals surface area contributed by atoms with Gasteiger partial charge >= 0.3 is 10.2 Å². The number of benzene rings is 1. The van der Waals surface area contributed by atoms with Crippen LogP contribution in [0.25, 0.3) is 0 Å². The molecule has 1 aliphatic heterocycles. The number of rotatable bonds is 1. The fraction of sp³-hybridized carbons (Fsp3) is 0.300. The Bertz CT molecular complexity index is 585. The van der Waals surface area contributed by atoms with Gasteiger partial charge in [-0.05, 0) is 30.5 Å². The van der Waals surface area contributed by atoms with Gasteiger partial charge in [0.05, 0.1) is 5.02 Å². The van der Waals surface area contributed by atoms with Crippen LogP contribution in [-0.4, -0.2) is 14.3 Å². The first-order valence-corrected chi connectivity index (χ1v) is 6.71. The van der Waals surface area contributed by atoms with Gasteiger partial charge in [-0.2, -0.15) is 8.42 Å². The lowest BCUT2D eigenvalue weighted by Crippen LogP contribution is -2.10. The zero-order chi connectivity index (χ0) is 12.6. The van der Waals surface area contributed by atoms with Crippen LogP contribution in [0.5, 0.6) is 0 Å². The van der Waals surface area contributed by atoms with E-state index < -0.39 is 15.1 Å². The number of hydrogen-bond donors (Lipinski definition) is 1. The summed E-state index contributed by atoms with van der Waals surface area (Å²) in [6.07, 6.45) is 1.60. The van der Waals surface area contributed by atoms with Crippen LogP contribution < -0.4 is 5.32 Å². The second-order valence-corrected chi connectivity index (χ2v) is 5.50. The summed E-state index contributed by atoms with van der Waals surface area (Å²) in [5, 5.41) is 2.37. The average Bonchev–Trinajstić information content (AvgIpc) is 2.36. The number of anilines is 1. The third-order valence-electron chi connectivity index (χ3n) is 2.54. The van der Waals surface area contributed by atoms with E-state index in [9.17, 15) is 17.1 Å². The SMILES string of the molecule is O=C1CCCc2cc(Cl)c(S(=O)(=O)F)cc2N1. The van der Waals surface area contributed by atoms with Crippen LogP contribution in [0, 0.1) is 0 Å². The van der Waals surface area contributed by atoms with Crippen LogP contribution >= 0.6 is 11.6 Å². The molecule has 0 unspecified atom stereocenters. The highest BCUT2D eigenvalue weighted by Gasteiger charge is 2.21. The van der Waals surface area contributed by atoms with Gasteiger partial charge in [0.15, 0.2) is 0 Å². The van der Waals surface area contributed by atoms with Gasteiger partial charge in [-0.25, -0.2) is 0 Å². The minimum Gasteiger partial charge on any atom is -0.326 e. The Kier molecular flexibility index (Phi) is 3.09. The fourth-order valence-corrected chi connectivity index (χ4v) is 2.77. The molecule has 2 rings (SSSR count). The molecule has 4 nitrogen and oxygen atoms in total. The van der Waals surface area contributed by atoms with Crippen LogP contribution in [0.15, 0.2) is 17.0 Å². The molecule has 0 spiro atoms. The summed E-state index contributed by atoms with van der Waals surface area (Å²) >= 11 is 5.70. The lowest BCUT2D eigenvalue weighted by molar-refractivity contribution is -0.116. The number of halogens is 2. The summed E-state index contributed by atoms with van der Waals surface area (Å²) < 4.78 is 34.6. The van der Waals surface area contributed by atoms with E-state index in [1.807, 2.05) is 0 Å². The van der Waals surface area contributed by atoms with Crippen LogP contribution in [0.1, 0.15) is 18.4 Å². The van der Waals surface area contributed by atoms with Crippen molar-refractivity contribution in [3.8, 4) is 0 Å². The number of carbonyl (C=O) groups excluding carboxylic acids is 1. The van der Waals surface area contributed by atoms with E-state index >= 15 is 0 Å². The number of fused-ring (bicyclic) bond motifs is 1. The molecule has 0 saturated carbocycles. The first-order valence-electron chi connectivity index (χ1n) is 4.95. The number of nitrogens with one attached hydrogen (secondary N) is 1. The molecule has 0 aliphatic carbocycles. The molecule has 1 aliphatic rings. The van der Waals surface area contributed by atoms with Crippen LogP contribution in [-0.2, 0) is 21.4 Å². The fourth-order valence-electron chi connectivity index (χ4n) is 1.76. The predicted molar refractivity (Wildman–Crippen MR) is 61.3 cm³/mol. The standard InChI is InChI=1S/C10H9ClFNO3S/c11-7-4-6-2-1-3-10(14)13-8(6)5-9(7)17(12,15)16/h4-5H,1-3H2,(H,13,14). The first-order chi connectivity index (χ1) is 7.88. The van der Waals surface area contributed by atoms with Crippen LogP contribution in [0.2, 0.25) is 5.02 Å². The topological polar surface area (TPSA) is 63.2 Å². The maximum absolute atomic E-state index is 12.9. The third-order valence-corrected chi connectivity index (χ3v) is 3.83. The first kappa shape index (κ1) is 12.3. The quantitative estimate of drug-likeness (QED) is 0.801. The molecule has 0 fully saturated rings. The van der Waals surface area contributed by atoms with E-state index in [0.717, 1.165) is 6.07 Å². The molecular weight excluding hydrogens is 269 g/mol. The molecule has 7 heteroatoms. The zero-order valence-electron chi connectivity index (χ0n) is 8.66. The number of amides is 1. The molecule has 1 aromatic rings. The van der Waals surface area contributed by atoms with Crippen molar-refractivity contribution in [2.45, 2.75) is 24.2 Å². The van der Waals surface area contributed by atoms with Gasteiger partial charge in [0.1, 0.15) is 4.90 Å². The smallest absolute Gasteiger partial charge is 0.326 e. The van der Waals surface area contributed by atoms with E-state index in [0.29, 0.717) is 30.5 Å². The molecule has 1 heterocycles. The van der Waals surface area contributed by atoms with E-state index in [1.165, 1.54) is 6.07 Å². The van der Waals surface area contributed by atoms with E-state index in [4.69, 9.17) is 11.6 Å². The average molecular weight is 278 g/mol. The second-order valence-electron chi connectivity index (χ2n) is 3.78. The Morgan fingerprint density at radius 1 is 1.29 bits per heavy atom. The minimum absolute atomic E-state index is 0.164. The van der Waals surface area contributed by atoms with Gasteiger partial charge in [0, 0.05) is 12.1 Å². The molecular formula is C10H9ClFNO3S. The molecule has 92 valence electrons. The summed E-state index contributed by atoms with van der Waals surface area (Å²) in [4.78, 5) is 10.7. The zero-order valence-corrected chi connectivity index (χ0v) is 10.2. The third kappa shape index (κ3) is 2.58. The van der Waals surface area contributed by atoms with Crippen molar-refractivity contribution >= 4 is 33.4 Å². The highest BCUT2D eigenvalue weighted by Crippen LogP contribution is 2.32. The van der Waals surface area contributed by atoms with Gasteiger partial charge in [0.2, 0.25) is 5.91 Å². The maximum atomic E-state index is 12.9. The van der Waals surface area contributed by atoms with Crippen molar-refractivity contribution in [1.29, 1.82) is 0 Å². The Morgan fingerprint density at radius 2 is 2.00 bits per heavy atom. The van der Waals surface area contributed by atoms with Crippen molar-refractivity contribution in [3.05, 3.63) is 22.7 Å². The molecule has 0 bridgehead atoms. The van der Waals surface area contributed by atoms with Gasteiger partial charge < -0.3 is 5.32 Å². The highest BCUT2D eigenvalue weighted by molar-refractivity contribution is 7.86. The summed E-state index contributed by atoms with van der Waals surface area (Å²) in [7, 11) is -4.88. The summed E-state index contributed by atoms with van der Waals surface area (Å²) in [6, 6.07) is 2.45. The monoisotopic (exact) mass is 277 g/mol. The van der Waals surface area contributed by atoms with Crippen LogP contribution in [0.3, 0.4) is 0 Å². The lowest BCUT2D eigenvalue weighted by Gasteiger charge is -2.09. The van der Waals surface area contributed by atoms with Crippen molar-refractivity contribution < 1.29 is 17.1 Å². The Balaban J connectivity index is 2.58. The number of carbonyl (C=O) groups is 1. The highest BCUT2D eigenvalue weighted by atomic mass is 35.5. The molecule has 1 N–H and O–H groups in total. The largest absolute Gasteiger partial charge is 0.333 e. The molecule has 17 heavy (non-hydrogen) atoms. The minimum atomic E-state index is -4.88. The normalized spacial score (nSPS) is 16.0. The van der Waals surface area contributed by atoms with Crippen molar-refractivity contribution in [2.75, 3.05) is 5.32 Å². The van der Waals surface area contributed by atoms with Crippen LogP contribution in [0.4, 0.5) is 9.57 Å². The van der Waals surface area contributed by atoms with E-state index in [1.54, 1.807) is 0 Å². The van der Waals surface area contributed by atoms with Crippen molar-refractivity contribution in [2.24, 2.45) is 0 Å². The summed E-state index contributed by atoms with van der Waals surface area (Å²) in [5.74, 6) is -0.215. The van der Waals surface area contributed by atoms with Crippen molar-refractivity contribution in [1.82, 2.24) is 0 Å². The maximum Gasteiger partial charge on any atom is 0.333 e. The molecule has 0 saturated heterocycles. The van der Waals surface area contributed by atoms with Gasteiger partial charge in [0.25, 0.3) is 0 Å². The molecule has 1 amide bonds. The molecule has 1 aromatic carbocycles. The van der Waals surface area contributed by atoms with Gasteiger partial charge in [-0.1, -0.05) is 11.6 Å². The lowest BCUT2D eigenvalue weighted by atomic mass is 10.1. The van der Waals surface area contributed by atoms with Gasteiger partial charge in [-0.3, -0.25) is 4.79 Å². The predicted octanol–water partition coefficient (Wildman–Crippen LogP) is 2.27.